The molecule has 1 unspecified atom stereocenters. The van der Waals surface area contributed by atoms with E-state index in [2.05, 4.69) is 41.6 Å². The standard InChI is InChI=1S/C26H28FN3O3/c1-17(2)15-23(20-5-3-18(4-6-20)19-7-10-22(27)11-8-19)30-24-12-9-21(16-29-24)26(33)28-14-13-25(31)32/h3-12,16-17,23H,13-15H2,1-2H3,(H,28,33)(H,29,30)(H,31,32). The first-order valence-electron chi connectivity index (χ1n) is 10.9. The number of hydrogen-bond donors (Lipinski definition) is 3. The first kappa shape index (κ1) is 23.9. The maximum absolute atomic E-state index is 13.2. The number of hydrogen-bond acceptors (Lipinski definition) is 4. The highest BCUT2D eigenvalue weighted by Gasteiger charge is 2.15. The van der Waals surface area contributed by atoms with Crippen molar-refractivity contribution in [1.82, 2.24) is 10.3 Å². The SMILES string of the molecule is CC(C)CC(Nc1ccc(C(=O)NCCC(=O)O)cn1)c1ccc(-c2ccc(F)cc2)cc1. The van der Waals surface area contributed by atoms with E-state index in [4.69, 9.17) is 5.11 Å². The van der Waals surface area contributed by atoms with E-state index in [1.165, 1.54) is 18.3 Å². The fourth-order valence-corrected chi connectivity index (χ4v) is 3.48. The topological polar surface area (TPSA) is 91.3 Å². The molecule has 0 spiro atoms. The minimum absolute atomic E-state index is 0.0232. The van der Waals surface area contributed by atoms with Crippen molar-refractivity contribution in [2.45, 2.75) is 32.7 Å². The fraction of sp³-hybridized carbons (Fsp3) is 0.269. The number of carboxylic acid groups (broad SMARTS) is 1. The number of carbonyl (C=O) groups excluding carboxylic acids is 1. The third kappa shape index (κ3) is 7.14. The zero-order chi connectivity index (χ0) is 23.8. The van der Waals surface area contributed by atoms with Crippen LogP contribution in [0, 0.1) is 11.7 Å². The Morgan fingerprint density at radius 3 is 2.15 bits per heavy atom. The lowest BCUT2D eigenvalue weighted by molar-refractivity contribution is -0.136. The highest BCUT2D eigenvalue weighted by molar-refractivity contribution is 5.94. The van der Waals surface area contributed by atoms with E-state index in [1.807, 2.05) is 12.1 Å². The van der Waals surface area contributed by atoms with Gasteiger partial charge in [0.2, 0.25) is 0 Å². The number of carbonyl (C=O) groups is 2. The first-order chi connectivity index (χ1) is 15.8. The van der Waals surface area contributed by atoms with Crippen molar-refractivity contribution in [3.63, 3.8) is 0 Å². The van der Waals surface area contributed by atoms with E-state index in [1.54, 1.807) is 24.3 Å². The van der Waals surface area contributed by atoms with Crippen LogP contribution in [-0.2, 0) is 4.79 Å². The molecule has 33 heavy (non-hydrogen) atoms. The number of nitrogens with zero attached hydrogens (tertiary/aromatic N) is 1. The van der Waals surface area contributed by atoms with Crippen LogP contribution in [0.2, 0.25) is 0 Å². The van der Waals surface area contributed by atoms with Gasteiger partial charge < -0.3 is 15.7 Å². The van der Waals surface area contributed by atoms with Crippen LogP contribution in [0.15, 0.2) is 66.9 Å². The summed E-state index contributed by atoms with van der Waals surface area (Å²) in [6, 6.07) is 18.0. The molecule has 3 rings (SSSR count). The monoisotopic (exact) mass is 449 g/mol. The molecule has 172 valence electrons. The molecule has 0 radical (unpaired) electrons. The highest BCUT2D eigenvalue weighted by Crippen LogP contribution is 2.28. The predicted molar refractivity (Wildman–Crippen MR) is 126 cm³/mol. The Balaban J connectivity index is 1.69. The molecule has 1 amide bonds. The summed E-state index contributed by atoms with van der Waals surface area (Å²) in [5.74, 6) is -0.489. The molecule has 0 bridgehead atoms. The van der Waals surface area contributed by atoms with Gasteiger partial charge in [-0.15, -0.1) is 0 Å². The number of benzene rings is 2. The Kier molecular flexibility index (Phi) is 8.13. The summed E-state index contributed by atoms with van der Waals surface area (Å²) in [7, 11) is 0. The van der Waals surface area contributed by atoms with E-state index in [0.717, 1.165) is 23.1 Å². The molecule has 0 aliphatic heterocycles. The van der Waals surface area contributed by atoms with Crippen molar-refractivity contribution in [3.8, 4) is 11.1 Å². The zero-order valence-corrected chi connectivity index (χ0v) is 18.7. The number of anilines is 1. The summed E-state index contributed by atoms with van der Waals surface area (Å²) in [4.78, 5) is 27.0. The molecule has 6 nitrogen and oxygen atoms in total. The number of rotatable bonds is 10. The molecular weight excluding hydrogens is 421 g/mol. The molecule has 0 fully saturated rings. The Hall–Kier alpha value is -3.74. The summed E-state index contributed by atoms with van der Waals surface area (Å²) in [5.41, 5.74) is 3.44. The lowest BCUT2D eigenvalue weighted by Gasteiger charge is -2.22. The molecule has 0 aliphatic carbocycles. The summed E-state index contributed by atoms with van der Waals surface area (Å²) in [6.07, 6.45) is 2.23. The minimum Gasteiger partial charge on any atom is -0.481 e. The summed E-state index contributed by atoms with van der Waals surface area (Å²) < 4.78 is 13.2. The molecule has 1 aromatic heterocycles. The molecule has 0 aliphatic rings. The fourth-order valence-electron chi connectivity index (χ4n) is 3.48. The minimum atomic E-state index is -0.963. The van der Waals surface area contributed by atoms with E-state index in [0.29, 0.717) is 17.3 Å². The van der Waals surface area contributed by atoms with Gasteiger partial charge in [-0.3, -0.25) is 9.59 Å². The highest BCUT2D eigenvalue weighted by atomic mass is 19.1. The Bertz CT molecular complexity index is 1070. The van der Waals surface area contributed by atoms with Gasteiger partial charge in [0.25, 0.3) is 5.91 Å². The van der Waals surface area contributed by atoms with Crippen LogP contribution < -0.4 is 10.6 Å². The third-order valence-corrected chi connectivity index (χ3v) is 5.17. The zero-order valence-electron chi connectivity index (χ0n) is 18.7. The summed E-state index contributed by atoms with van der Waals surface area (Å²) in [5, 5.41) is 14.7. The Labute approximate surface area is 192 Å². The van der Waals surface area contributed by atoms with Crippen LogP contribution in [-0.4, -0.2) is 28.5 Å². The van der Waals surface area contributed by atoms with Crippen LogP contribution in [0.3, 0.4) is 0 Å². The Morgan fingerprint density at radius 2 is 1.61 bits per heavy atom. The van der Waals surface area contributed by atoms with Gasteiger partial charge in [-0.25, -0.2) is 9.37 Å². The van der Waals surface area contributed by atoms with Gasteiger partial charge in [0.05, 0.1) is 18.0 Å². The van der Waals surface area contributed by atoms with Crippen molar-refractivity contribution in [1.29, 1.82) is 0 Å². The second kappa shape index (κ2) is 11.2. The third-order valence-electron chi connectivity index (χ3n) is 5.17. The average molecular weight is 450 g/mol. The molecule has 0 saturated carbocycles. The van der Waals surface area contributed by atoms with Crippen molar-refractivity contribution in [2.75, 3.05) is 11.9 Å². The van der Waals surface area contributed by atoms with Crippen LogP contribution in [0.1, 0.15) is 48.7 Å². The molecule has 2 aromatic carbocycles. The molecule has 0 saturated heterocycles. The number of aromatic nitrogens is 1. The molecule has 3 N–H and O–H groups in total. The van der Waals surface area contributed by atoms with Crippen LogP contribution in [0.5, 0.6) is 0 Å². The predicted octanol–water partition coefficient (Wildman–Crippen LogP) is 5.29. The van der Waals surface area contributed by atoms with Gasteiger partial charge in [-0.2, -0.15) is 0 Å². The second-order valence-corrected chi connectivity index (χ2v) is 8.29. The molecule has 1 atom stereocenters. The van der Waals surface area contributed by atoms with Crippen LogP contribution in [0.4, 0.5) is 10.2 Å². The smallest absolute Gasteiger partial charge is 0.305 e. The quantitative estimate of drug-likeness (QED) is 0.391. The van der Waals surface area contributed by atoms with Gasteiger partial charge in [-0.1, -0.05) is 50.2 Å². The van der Waals surface area contributed by atoms with E-state index >= 15 is 0 Å². The molecule has 1 heterocycles. The number of carboxylic acids is 1. The lowest BCUT2D eigenvalue weighted by Crippen LogP contribution is -2.26. The average Bonchev–Trinajstić information content (AvgIpc) is 2.79. The lowest BCUT2D eigenvalue weighted by atomic mass is 9.95. The van der Waals surface area contributed by atoms with Crippen molar-refractivity contribution in [2.24, 2.45) is 5.92 Å². The summed E-state index contributed by atoms with van der Waals surface area (Å²) in [6.45, 7) is 4.37. The normalized spacial score (nSPS) is 11.8. The van der Waals surface area contributed by atoms with E-state index < -0.39 is 5.97 Å². The van der Waals surface area contributed by atoms with E-state index in [-0.39, 0.29) is 30.7 Å². The maximum atomic E-state index is 13.2. The van der Waals surface area contributed by atoms with Gasteiger partial charge >= 0.3 is 5.97 Å². The largest absolute Gasteiger partial charge is 0.481 e. The van der Waals surface area contributed by atoms with Gasteiger partial charge in [-0.05, 0) is 53.3 Å². The molecule has 7 heteroatoms. The Morgan fingerprint density at radius 1 is 0.970 bits per heavy atom. The van der Waals surface area contributed by atoms with Crippen molar-refractivity contribution < 1.29 is 19.1 Å². The summed E-state index contributed by atoms with van der Waals surface area (Å²) >= 11 is 0. The number of nitrogens with one attached hydrogen (secondary N) is 2. The van der Waals surface area contributed by atoms with Gasteiger partial charge in [0.15, 0.2) is 0 Å². The van der Waals surface area contributed by atoms with Gasteiger partial charge in [0, 0.05) is 12.7 Å². The maximum Gasteiger partial charge on any atom is 0.305 e. The van der Waals surface area contributed by atoms with Crippen molar-refractivity contribution in [3.05, 3.63) is 83.8 Å². The first-order valence-corrected chi connectivity index (χ1v) is 10.9. The number of amides is 1. The van der Waals surface area contributed by atoms with Gasteiger partial charge in [0.1, 0.15) is 11.6 Å². The van der Waals surface area contributed by atoms with Crippen LogP contribution >= 0.6 is 0 Å². The second-order valence-electron chi connectivity index (χ2n) is 8.29. The number of pyridine rings is 1. The van der Waals surface area contributed by atoms with Crippen molar-refractivity contribution >= 4 is 17.7 Å². The number of halogens is 1. The number of aliphatic carboxylic acids is 1. The molecular formula is C26H28FN3O3. The van der Waals surface area contributed by atoms with Crippen LogP contribution in [0.25, 0.3) is 11.1 Å². The molecule has 3 aromatic rings. The van der Waals surface area contributed by atoms with E-state index in [9.17, 15) is 14.0 Å².